The third-order valence-electron chi connectivity index (χ3n) is 4.78. The number of rotatable bonds is 10. The van der Waals surface area contributed by atoms with E-state index in [9.17, 15) is 9.18 Å². The Hall–Kier alpha value is -2.97. The number of hydrogen-bond acceptors (Lipinski definition) is 6. The molecule has 0 spiro atoms. The first-order valence-electron chi connectivity index (χ1n) is 10.4. The summed E-state index contributed by atoms with van der Waals surface area (Å²) in [4.78, 5) is 24.0. The van der Waals surface area contributed by atoms with Crippen molar-refractivity contribution in [2.75, 3.05) is 30.4 Å². The summed E-state index contributed by atoms with van der Waals surface area (Å²) in [6.45, 7) is 6.32. The van der Waals surface area contributed by atoms with Crippen molar-refractivity contribution < 1.29 is 13.9 Å². The van der Waals surface area contributed by atoms with Crippen LogP contribution in [0, 0.1) is 5.82 Å². The zero-order chi connectivity index (χ0) is 22.9. The van der Waals surface area contributed by atoms with Crippen LogP contribution in [0.2, 0.25) is 0 Å². The molecule has 0 fully saturated rings. The lowest BCUT2D eigenvalue weighted by Gasteiger charge is -2.20. The number of halogens is 1. The van der Waals surface area contributed by atoms with Gasteiger partial charge in [-0.05, 0) is 55.8 Å². The molecule has 0 unspecified atom stereocenters. The number of nitrogens with one attached hydrogen (secondary N) is 1. The Morgan fingerprint density at radius 1 is 1.09 bits per heavy atom. The number of hydrogen-bond donors (Lipinski definition) is 1. The van der Waals surface area contributed by atoms with Gasteiger partial charge < -0.3 is 15.0 Å². The minimum absolute atomic E-state index is 0.245. The van der Waals surface area contributed by atoms with Gasteiger partial charge in [0.2, 0.25) is 0 Å². The number of carbonyl (C=O) groups is 1. The van der Waals surface area contributed by atoms with E-state index in [1.165, 1.54) is 36.0 Å². The van der Waals surface area contributed by atoms with Crippen LogP contribution in [0.4, 0.5) is 15.9 Å². The maximum Gasteiger partial charge on any atom is 0.255 e. The second-order valence-corrected chi connectivity index (χ2v) is 8.00. The number of thioether (sulfide) groups is 1. The molecule has 8 heteroatoms. The van der Waals surface area contributed by atoms with E-state index >= 15 is 0 Å². The first-order valence-corrected chi connectivity index (χ1v) is 11.4. The van der Waals surface area contributed by atoms with Crippen molar-refractivity contribution in [3.8, 4) is 0 Å². The van der Waals surface area contributed by atoms with Crippen molar-refractivity contribution in [2.24, 2.45) is 0 Å². The number of nitrogens with zero attached hydrogens (tertiary/aromatic N) is 3. The number of carbonyl (C=O) groups excluding carboxylic acids is 1. The van der Waals surface area contributed by atoms with Gasteiger partial charge in [-0.3, -0.25) is 4.79 Å². The van der Waals surface area contributed by atoms with E-state index < -0.39 is 0 Å². The van der Waals surface area contributed by atoms with Gasteiger partial charge in [-0.25, -0.2) is 14.4 Å². The fourth-order valence-electron chi connectivity index (χ4n) is 3.14. The largest absolute Gasteiger partial charge is 0.378 e. The summed E-state index contributed by atoms with van der Waals surface area (Å²) < 4.78 is 18.3. The summed E-state index contributed by atoms with van der Waals surface area (Å²) in [6, 6.07) is 15.1. The molecule has 0 atom stereocenters. The summed E-state index contributed by atoms with van der Waals surface area (Å²) in [5.74, 6) is 0.909. The van der Waals surface area contributed by atoms with Crippen molar-refractivity contribution >= 4 is 29.2 Å². The number of anilines is 2. The number of ether oxygens (including phenoxy) is 1. The number of methoxy groups -OCH3 is 1. The smallest absolute Gasteiger partial charge is 0.255 e. The topological polar surface area (TPSA) is 67.3 Å². The summed E-state index contributed by atoms with van der Waals surface area (Å²) in [6.07, 6.45) is 0. The highest BCUT2D eigenvalue weighted by molar-refractivity contribution is 7.98. The van der Waals surface area contributed by atoms with Crippen molar-refractivity contribution in [3.05, 3.63) is 77.2 Å². The van der Waals surface area contributed by atoms with Crippen LogP contribution >= 0.6 is 11.8 Å². The molecule has 2 aromatic carbocycles. The fraction of sp³-hybridized carbons (Fsp3) is 0.292. The van der Waals surface area contributed by atoms with Crippen LogP contribution in [0.25, 0.3) is 0 Å². The maximum absolute atomic E-state index is 13.1. The van der Waals surface area contributed by atoms with E-state index in [0.29, 0.717) is 28.8 Å². The highest BCUT2D eigenvalue weighted by atomic mass is 32.2. The second kappa shape index (κ2) is 11.6. The minimum atomic E-state index is -0.344. The number of benzene rings is 2. The lowest BCUT2D eigenvalue weighted by Crippen LogP contribution is -2.23. The van der Waals surface area contributed by atoms with Crippen LogP contribution in [-0.2, 0) is 17.1 Å². The molecule has 3 aromatic rings. The molecule has 1 heterocycles. The Labute approximate surface area is 192 Å². The summed E-state index contributed by atoms with van der Waals surface area (Å²) in [5.41, 5.74) is 2.89. The standard InChI is InChI=1S/C24H27FN4O2S/c1-4-29(5-2)22-14-21(15-31-3)27-24(28-22)32-16-17-7-6-8-18(13-17)23(30)26-20-11-9-19(25)10-12-20/h6-14H,4-5,15-16H2,1-3H3,(H,26,30). The van der Waals surface area contributed by atoms with Crippen molar-refractivity contribution in [2.45, 2.75) is 31.4 Å². The van der Waals surface area contributed by atoms with Gasteiger partial charge in [0.25, 0.3) is 5.91 Å². The van der Waals surface area contributed by atoms with Gasteiger partial charge in [0.1, 0.15) is 11.6 Å². The molecule has 0 aliphatic carbocycles. The Morgan fingerprint density at radius 2 is 1.84 bits per heavy atom. The molecule has 32 heavy (non-hydrogen) atoms. The first kappa shape index (κ1) is 23.7. The molecular weight excluding hydrogens is 427 g/mol. The molecule has 1 N–H and O–H groups in total. The average Bonchev–Trinajstić information content (AvgIpc) is 2.80. The van der Waals surface area contributed by atoms with Crippen molar-refractivity contribution in [1.29, 1.82) is 0 Å². The van der Waals surface area contributed by atoms with E-state index in [1.54, 1.807) is 13.2 Å². The third-order valence-corrected chi connectivity index (χ3v) is 5.70. The molecule has 1 aromatic heterocycles. The van der Waals surface area contributed by atoms with E-state index in [-0.39, 0.29) is 11.7 Å². The molecule has 0 aliphatic rings. The van der Waals surface area contributed by atoms with Gasteiger partial charge in [-0.15, -0.1) is 0 Å². The summed E-state index contributed by atoms with van der Waals surface area (Å²) >= 11 is 1.51. The van der Waals surface area contributed by atoms with E-state index in [4.69, 9.17) is 9.72 Å². The van der Waals surface area contributed by atoms with Crippen LogP contribution in [0.5, 0.6) is 0 Å². The third kappa shape index (κ3) is 6.51. The quantitative estimate of drug-likeness (QED) is 0.337. The molecule has 0 radical (unpaired) electrons. The lowest BCUT2D eigenvalue weighted by atomic mass is 10.1. The van der Waals surface area contributed by atoms with Gasteiger partial charge in [0.05, 0.1) is 12.3 Å². The van der Waals surface area contributed by atoms with Gasteiger partial charge in [-0.2, -0.15) is 0 Å². The average molecular weight is 455 g/mol. The minimum Gasteiger partial charge on any atom is -0.378 e. The Bertz CT molecular complexity index is 1040. The highest BCUT2D eigenvalue weighted by Crippen LogP contribution is 2.24. The monoisotopic (exact) mass is 454 g/mol. The van der Waals surface area contributed by atoms with Gasteiger partial charge >= 0.3 is 0 Å². The van der Waals surface area contributed by atoms with E-state index in [1.807, 2.05) is 24.3 Å². The van der Waals surface area contributed by atoms with Gasteiger partial charge in [-0.1, -0.05) is 23.9 Å². The Kier molecular flexibility index (Phi) is 8.58. The van der Waals surface area contributed by atoms with Gasteiger partial charge in [0, 0.05) is 43.3 Å². The lowest BCUT2D eigenvalue weighted by molar-refractivity contribution is 0.102. The predicted molar refractivity (Wildman–Crippen MR) is 127 cm³/mol. The van der Waals surface area contributed by atoms with Crippen molar-refractivity contribution in [3.63, 3.8) is 0 Å². The molecule has 0 aliphatic heterocycles. The summed E-state index contributed by atoms with van der Waals surface area (Å²) in [5, 5.41) is 3.45. The zero-order valence-electron chi connectivity index (χ0n) is 18.5. The molecular formula is C24H27FN4O2S. The van der Waals surface area contributed by atoms with Crippen LogP contribution < -0.4 is 10.2 Å². The van der Waals surface area contributed by atoms with E-state index in [0.717, 1.165) is 30.2 Å². The second-order valence-electron chi connectivity index (χ2n) is 7.06. The van der Waals surface area contributed by atoms with Crippen LogP contribution in [-0.4, -0.2) is 36.1 Å². The van der Waals surface area contributed by atoms with E-state index in [2.05, 4.69) is 29.0 Å². The predicted octanol–water partition coefficient (Wildman–Crippen LogP) is 5.15. The molecule has 6 nitrogen and oxygen atoms in total. The number of aromatic nitrogens is 2. The highest BCUT2D eigenvalue weighted by Gasteiger charge is 2.11. The number of amides is 1. The van der Waals surface area contributed by atoms with Crippen LogP contribution in [0.3, 0.4) is 0 Å². The Morgan fingerprint density at radius 3 is 2.53 bits per heavy atom. The zero-order valence-corrected chi connectivity index (χ0v) is 19.3. The molecule has 1 amide bonds. The maximum atomic E-state index is 13.1. The molecule has 0 saturated heterocycles. The molecule has 168 valence electrons. The van der Waals surface area contributed by atoms with Crippen LogP contribution in [0.15, 0.2) is 59.8 Å². The molecule has 0 bridgehead atoms. The fourth-order valence-corrected chi connectivity index (χ4v) is 3.96. The molecule has 0 saturated carbocycles. The summed E-state index contributed by atoms with van der Waals surface area (Å²) in [7, 11) is 1.65. The normalized spacial score (nSPS) is 10.8. The molecule has 3 rings (SSSR count). The SMILES string of the molecule is CCN(CC)c1cc(COC)nc(SCc2cccc(C(=O)Nc3ccc(F)cc3)c2)n1. The first-order chi connectivity index (χ1) is 15.5. The van der Waals surface area contributed by atoms with Crippen LogP contribution in [0.1, 0.15) is 35.5 Å². The van der Waals surface area contributed by atoms with Crippen molar-refractivity contribution in [1.82, 2.24) is 9.97 Å². The Balaban J connectivity index is 1.71. The van der Waals surface area contributed by atoms with Gasteiger partial charge in [0.15, 0.2) is 5.16 Å².